The lowest BCUT2D eigenvalue weighted by atomic mass is 10.1. The van der Waals surface area contributed by atoms with E-state index >= 15 is 0 Å². The van der Waals surface area contributed by atoms with Gasteiger partial charge in [0.25, 0.3) is 5.13 Å². The van der Waals surface area contributed by atoms with E-state index in [0.717, 1.165) is 25.7 Å². The summed E-state index contributed by atoms with van der Waals surface area (Å²) in [4.78, 5) is 29.5. The van der Waals surface area contributed by atoms with E-state index in [4.69, 9.17) is 0 Å². The van der Waals surface area contributed by atoms with E-state index in [9.17, 15) is 9.59 Å². The first kappa shape index (κ1) is 15.2. The van der Waals surface area contributed by atoms with Crippen molar-refractivity contribution in [3.8, 4) is 5.13 Å². The van der Waals surface area contributed by atoms with E-state index in [-0.39, 0.29) is 11.9 Å². The van der Waals surface area contributed by atoms with Crippen LogP contribution in [0.3, 0.4) is 0 Å². The lowest BCUT2D eigenvalue weighted by molar-refractivity contribution is -0.158. The predicted molar refractivity (Wildman–Crippen MR) is 84.2 cm³/mol. The van der Waals surface area contributed by atoms with Gasteiger partial charge in [0.2, 0.25) is 0 Å². The van der Waals surface area contributed by atoms with Crippen molar-refractivity contribution in [1.29, 1.82) is 0 Å². The first-order valence-corrected chi connectivity index (χ1v) is 8.83. The van der Waals surface area contributed by atoms with Crippen molar-refractivity contribution in [1.82, 2.24) is 35.0 Å². The molecule has 1 saturated heterocycles. The van der Waals surface area contributed by atoms with Crippen LogP contribution in [-0.2, 0) is 16.1 Å². The van der Waals surface area contributed by atoms with Crippen LogP contribution in [0.1, 0.15) is 30.7 Å². The van der Waals surface area contributed by atoms with Crippen molar-refractivity contribution < 1.29 is 9.59 Å². The fourth-order valence-corrected chi connectivity index (χ4v) is 4.04. The van der Waals surface area contributed by atoms with Gasteiger partial charge in [-0.25, -0.2) is 0 Å². The zero-order valence-corrected chi connectivity index (χ0v) is 13.9. The van der Waals surface area contributed by atoms with E-state index in [2.05, 4.69) is 20.4 Å². The summed E-state index contributed by atoms with van der Waals surface area (Å²) >= 11 is 1.31. The Morgan fingerprint density at radius 1 is 1.04 bits per heavy atom. The first-order chi connectivity index (χ1) is 11.7. The number of amides is 2. The number of nitrogens with zero attached hydrogens (tertiary/aromatic N) is 7. The average molecular weight is 347 g/mol. The highest BCUT2D eigenvalue weighted by Gasteiger charge is 2.37. The second-order valence-corrected chi connectivity index (χ2v) is 7.00. The third kappa shape index (κ3) is 2.77. The molecule has 0 radical (unpaired) electrons. The standard InChI is InChI=1S/C14H17N7O2S/c22-12-13(23)20(10-3-1-2-4-10)8-7-19(12)9-11-17-18-14(24-11)21-15-5-6-16-21/h5-6,10H,1-4,7-9H2. The molecular weight excluding hydrogens is 330 g/mol. The van der Waals surface area contributed by atoms with Gasteiger partial charge < -0.3 is 9.80 Å². The van der Waals surface area contributed by atoms with Gasteiger partial charge in [-0.05, 0) is 12.8 Å². The number of hydrogen-bond donors (Lipinski definition) is 0. The summed E-state index contributed by atoms with van der Waals surface area (Å²) in [6, 6.07) is 0.239. The highest BCUT2D eigenvalue weighted by Crippen LogP contribution is 2.25. The van der Waals surface area contributed by atoms with Gasteiger partial charge in [-0.3, -0.25) is 9.59 Å². The molecule has 0 N–H and O–H groups in total. The van der Waals surface area contributed by atoms with Crippen molar-refractivity contribution in [3.63, 3.8) is 0 Å². The molecule has 0 aromatic carbocycles. The lowest BCUT2D eigenvalue weighted by Gasteiger charge is -2.36. The molecule has 2 aliphatic rings. The van der Waals surface area contributed by atoms with E-state index in [1.165, 1.54) is 16.1 Å². The van der Waals surface area contributed by atoms with Crippen LogP contribution in [0.25, 0.3) is 5.13 Å². The second-order valence-electron chi connectivity index (χ2n) is 5.96. The highest BCUT2D eigenvalue weighted by molar-refractivity contribution is 7.13. The highest BCUT2D eigenvalue weighted by atomic mass is 32.1. The van der Waals surface area contributed by atoms with Crippen molar-refractivity contribution in [2.24, 2.45) is 0 Å². The van der Waals surface area contributed by atoms with Gasteiger partial charge in [-0.1, -0.05) is 24.2 Å². The Kier molecular flexibility index (Phi) is 3.97. The maximum absolute atomic E-state index is 12.4. The third-order valence-electron chi connectivity index (χ3n) is 4.48. The number of carbonyl (C=O) groups is 2. The second kappa shape index (κ2) is 6.27. The Hall–Kier alpha value is -2.36. The molecule has 0 atom stereocenters. The molecule has 10 heteroatoms. The van der Waals surface area contributed by atoms with E-state index in [1.54, 1.807) is 22.2 Å². The molecule has 9 nitrogen and oxygen atoms in total. The Bertz CT molecular complexity index is 738. The van der Waals surface area contributed by atoms with Gasteiger partial charge in [0.05, 0.1) is 18.9 Å². The number of carbonyl (C=O) groups excluding carboxylic acids is 2. The van der Waals surface area contributed by atoms with Crippen LogP contribution in [0.5, 0.6) is 0 Å². The van der Waals surface area contributed by atoms with E-state index in [1.807, 2.05) is 0 Å². The number of aromatic nitrogens is 5. The van der Waals surface area contributed by atoms with Gasteiger partial charge >= 0.3 is 11.8 Å². The van der Waals surface area contributed by atoms with Gasteiger partial charge in [-0.2, -0.15) is 10.2 Å². The van der Waals surface area contributed by atoms with Crippen LogP contribution in [-0.4, -0.2) is 65.9 Å². The Balaban J connectivity index is 1.42. The van der Waals surface area contributed by atoms with Gasteiger partial charge in [0.15, 0.2) is 0 Å². The first-order valence-electron chi connectivity index (χ1n) is 8.01. The number of piperazine rings is 1. The van der Waals surface area contributed by atoms with Crippen LogP contribution in [0.2, 0.25) is 0 Å². The SMILES string of the molecule is O=C1C(=O)N(C2CCCC2)CCN1Cc1nnc(-n2nccn2)s1. The summed E-state index contributed by atoms with van der Waals surface area (Å²) in [5.74, 6) is -0.825. The molecule has 3 heterocycles. The van der Waals surface area contributed by atoms with E-state index in [0.29, 0.717) is 29.8 Å². The summed E-state index contributed by atoms with van der Waals surface area (Å²) in [5, 5.41) is 17.3. The van der Waals surface area contributed by atoms with Crippen molar-refractivity contribution >= 4 is 23.2 Å². The maximum Gasteiger partial charge on any atom is 0.312 e. The molecule has 1 aliphatic carbocycles. The minimum atomic E-state index is -0.442. The molecule has 2 fully saturated rings. The van der Waals surface area contributed by atoms with Crippen molar-refractivity contribution in [2.45, 2.75) is 38.3 Å². The van der Waals surface area contributed by atoms with Gasteiger partial charge in [0, 0.05) is 19.1 Å². The van der Waals surface area contributed by atoms with Crippen LogP contribution in [0, 0.1) is 0 Å². The minimum Gasteiger partial charge on any atom is -0.330 e. The summed E-state index contributed by atoms with van der Waals surface area (Å²) < 4.78 is 0. The quantitative estimate of drug-likeness (QED) is 0.735. The monoisotopic (exact) mass is 347 g/mol. The molecule has 1 saturated carbocycles. The fourth-order valence-electron chi connectivity index (χ4n) is 3.27. The molecule has 1 aliphatic heterocycles. The fraction of sp³-hybridized carbons (Fsp3) is 0.571. The Morgan fingerprint density at radius 3 is 2.54 bits per heavy atom. The number of rotatable bonds is 4. The zero-order chi connectivity index (χ0) is 16.5. The molecule has 2 aromatic rings. The maximum atomic E-state index is 12.4. The van der Waals surface area contributed by atoms with Crippen LogP contribution < -0.4 is 0 Å². The number of hydrogen-bond acceptors (Lipinski definition) is 7. The van der Waals surface area contributed by atoms with Crippen molar-refractivity contribution in [3.05, 3.63) is 17.4 Å². The summed E-state index contributed by atoms with van der Waals surface area (Å²) in [7, 11) is 0. The summed E-state index contributed by atoms with van der Waals surface area (Å²) in [5.41, 5.74) is 0. The smallest absolute Gasteiger partial charge is 0.312 e. The summed E-state index contributed by atoms with van der Waals surface area (Å²) in [6.45, 7) is 1.43. The minimum absolute atomic E-state index is 0.239. The average Bonchev–Trinajstić information content (AvgIpc) is 3.32. The Morgan fingerprint density at radius 2 is 1.79 bits per heavy atom. The lowest BCUT2D eigenvalue weighted by Crippen LogP contribution is -2.56. The topological polar surface area (TPSA) is 97.1 Å². The largest absolute Gasteiger partial charge is 0.330 e. The van der Waals surface area contributed by atoms with E-state index < -0.39 is 5.91 Å². The molecule has 2 aromatic heterocycles. The van der Waals surface area contributed by atoms with Crippen LogP contribution in [0.4, 0.5) is 0 Å². The molecule has 0 unspecified atom stereocenters. The zero-order valence-electron chi connectivity index (χ0n) is 13.0. The van der Waals surface area contributed by atoms with Gasteiger partial charge in [-0.15, -0.1) is 15.0 Å². The van der Waals surface area contributed by atoms with Crippen LogP contribution in [0.15, 0.2) is 12.4 Å². The van der Waals surface area contributed by atoms with Gasteiger partial charge in [0.1, 0.15) is 5.01 Å². The van der Waals surface area contributed by atoms with Crippen LogP contribution >= 0.6 is 11.3 Å². The predicted octanol–water partition coefficient (Wildman–Crippen LogP) is 0.232. The molecular formula is C14H17N7O2S. The molecule has 0 spiro atoms. The summed E-state index contributed by atoms with van der Waals surface area (Å²) in [6.07, 6.45) is 7.42. The molecule has 24 heavy (non-hydrogen) atoms. The molecule has 2 amide bonds. The molecule has 4 rings (SSSR count). The normalized spacial score (nSPS) is 19.5. The molecule has 126 valence electrons. The third-order valence-corrected chi connectivity index (χ3v) is 5.35. The van der Waals surface area contributed by atoms with Crippen molar-refractivity contribution in [2.75, 3.05) is 13.1 Å². The Labute approximate surface area is 142 Å². The molecule has 0 bridgehead atoms.